The smallest absolute Gasteiger partial charge is 0.244 e. The first-order chi connectivity index (χ1) is 13.4. The summed E-state index contributed by atoms with van der Waals surface area (Å²) in [7, 11) is 1.60. The third kappa shape index (κ3) is 3.75. The number of ether oxygens (including phenoxy) is 1. The lowest BCUT2D eigenvalue weighted by molar-refractivity contribution is -0.116. The first-order valence-electron chi connectivity index (χ1n) is 8.90. The number of carbonyl (C=O) groups excluding carboxylic acids is 1. The quantitative estimate of drug-likeness (QED) is 0.498. The number of hydrogen-bond acceptors (Lipinski definition) is 3. The van der Waals surface area contributed by atoms with E-state index in [4.69, 9.17) is 32.4 Å². The summed E-state index contributed by atoms with van der Waals surface area (Å²) >= 11 is 12.5. The van der Waals surface area contributed by atoms with Gasteiger partial charge in [-0.1, -0.05) is 29.3 Å². The van der Waals surface area contributed by atoms with E-state index in [0.29, 0.717) is 22.4 Å². The highest BCUT2D eigenvalue weighted by Crippen LogP contribution is 2.42. The molecule has 1 amide bonds. The molecule has 3 rings (SSSR count). The number of fused-ring (bicyclic) bond motifs is 1. The van der Waals surface area contributed by atoms with Crippen molar-refractivity contribution in [2.75, 3.05) is 13.7 Å². The molecule has 0 radical (unpaired) electrons. The molecule has 0 unspecified atom stereocenters. The lowest BCUT2D eigenvalue weighted by atomic mass is 9.96. The van der Waals surface area contributed by atoms with Crippen LogP contribution in [-0.2, 0) is 4.79 Å². The number of rotatable bonds is 5. The largest absolute Gasteiger partial charge is 0.493 e. The van der Waals surface area contributed by atoms with Gasteiger partial charge in [0.05, 0.1) is 17.9 Å². The number of hydrogen-bond donors (Lipinski definition) is 1. The predicted molar refractivity (Wildman–Crippen MR) is 115 cm³/mol. The van der Waals surface area contributed by atoms with Gasteiger partial charge >= 0.3 is 0 Å². The number of benzene rings is 2. The van der Waals surface area contributed by atoms with Crippen molar-refractivity contribution >= 4 is 45.7 Å². The fourth-order valence-corrected chi connectivity index (χ4v) is 3.71. The lowest BCUT2D eigenvalue weighted by Crippen LogP contribution is -2.14. The van der Waals surface area contributed by atoms with Crippen LogP contribution in [0.2, 0.25) is 10.0 Å². The second kappa shape index (κ2) is 8.29. The summed E-state index contributed by atoms with van der Waals surface area (Å²) < 4.78 is 11.8. The van der Waals surface area contributed by atoms with E-state index >= 15 is 0 Å². The normalized spacial score (nSPS) is 11.7. The van der Waals surface area contributed by atoms with Crippen LogP contribution in [0.1, 0.15) is 25.0 Å². The molecule has 2 aromatic carbocycles. The summed E-state index contributed by atoms with van der Waals surface area (Å²) in [5.41, 5.74) is 4.91. The molecule has 1 aromatic heterocycles. The molecule has 28 heavy (non-hydrogen) atoms. The number of likely N-dealkylation sites (N-methyl/N-ethyl adjacent to an activating group) is 1. The van der Waals surface area contributed by atoms with E-state index in [9.17, 15) is 4.79 Å². The molecule has 0 bridgehead atoms. The Labute approximate surface area is 174 Å². The molecular formula is C22H21Cl2NO3. The molecule has 0 aliphatic carbocycles. The Bertz CT molecular complexity index is 1080. The minimum Gasteiger partial charge on any atom is -0.493 e. The first-order valence-corrected chi connectivity index (χ1v) is 9.66. The van der Waals surface area contributed by atoms with Gasteiger partial charge in [0.1, 0.15) is 11.3 Å². The Morgan fingerprint density at radius 1 is 1.25 bits per heavy atom. The summed E-state index contributed by atoms with van der Waals surface area (Å²) in [6.07, 6.45) is 3.24. The van der Waals surface area contributed by atoms with Gasteiger partial charge in [0, 0.05) is 45.8 Å². The van der Waals surface area contributed by atoms with Gasteiger partial charge in [0.15, 0.2) is 0 Å². The van der Waals surface area contributed by atoms with Crippen LogP contribution >= 0.6 is 23.2 Å². The van der Waals surface area contributed by atoms with Crippen molar-refractivity contribution in [2.45, 2.75) is 20.8 Å². The molecule has 0 saturated heterocycles. The van der Waals surface area contributed by atoms with E-state index in [1.165, 1.54) is 0 Å². The SMILES string of the molecule is CCOc1c(/C(C)=C/C(=O)NC)cc2c(-c3ccc(Cl)cc3Cl)coc2c1C. The van der Waals surface area contributed by atoms with Crippen molar-refractivity contribution in [3.05, 3.63) is 57.8 Å². The van der Waals surface area contributed by atoms with Crippen molar-refractivity contribution in [1.82, 2.24) is 5.32 Å². The zero-order valence-corrected chi connectivity index (χ0v) is 17.7. The molecule has 0 aliphatic heterocycles. The van der Waals surface area contributed by atoms with Crippen molar-refractivity contribution < 1.29 is 13.9 Å². The van der Waals surface area contributed by atoms with Crippen LogP contribution < -0.4 is 10.1 Å². The van der Waals surface area contributed by atoms with Crippen LogP contribution in [0, 0.1) is 6.92 Å². The Hall–Kier alpha value is -2.43. The van der Waals surface area contributed by atoms with Crippen LogP contribution in [0.15, 0.2) is 41.0 Å². The molecule has 0 atom stereocenters. The zero-order chi connectivity index (χ0) is 20.4. The molecule has 6 heteroatoms. The molecule has 0 saturated carbocycles. The van der Waals surface area contributed by atoms with Crippen LogP contribution in [0.3, 0.4) is 0 Å². The Balaban J connectivity index is 2.29. The number of allylic oxidation sites excluding steroid dienone is 1. The highest BCUT2D eigenvalue weighted by atomic mass is 35.5. The molecular weight excluding hydrogens is 397 g/mol. The van der Waals surface area contributed by atoms with Crippen molar-refractivity contribution in [1.29, 1.82) is 0 Å². The van der Waals surface area contributed by atoms with E-state index in [2.05, 4.69) is 5.32 Å². The van der Waals surface area contributed by atoms with Gasteiger partial charge in [-0.05, 0) is 44.5 Å². The fourth-order valence-electron chi connectivity index (χ4n) is 3.20. The van der Waals surface area contributed by atoms with Gasteiger partial charge in [-0.15, -0.1) is 0 Å². The maximum absolute atomic E-state index is 11.9. The van der Waals surface area contributed by atoms with Crippen molar-refractivity contribution in [3.63, 3.8) is 0 Å². The fraction of sp³-hybridized carbons (Fsp3) is 0.227. The van der Waals surface area contributed by atoms with E-state index in [0.717, 1.165) is 38.8 Å². The van der Waals surface area contributed by atoms with E-state index in [1.807, 2.05) is 32.9 Å². The molecule has 3 aromatic rings. The van der Waals surface area contributed by atoms with Crippen molar-refractivity contribution in [2.24, 2.45) is 0 Å². The number of carbonyl (C=O) groups is 1. The molecule has 0 spiro atoms. The van der Waals surface area contributed by atoms with Gasteiger partial charge in [0.25, 0.3) is 0 Å². The standard InChI is InChI=1S/C22H21Cl2NO3/c1-5-27-21-13(3)22-17(10-16(21)12(2)8-20(26)25-4)18(11-28-22)15-7-6-14(23)9-19(15)24/h6-11H,5H2,1-4H3,(H,25,26)/b12-8+. The first kappa shape index (κ1) is 20.3. The van der Waals surface area contributed by atoms with E-state index in [-0.39, 0.29) is 5.91 Å². The summed E-state index contributed by atoms with van der Waals surface area (Å²) in [5.74, 6) is 0.529. The monoisotopic (exact) mass is 417 g/mol. The van der Waals surface area contributed by atoms with Crippen LogP contribution in [0.5, 0.6) is 5.75 Å². The molecule has 0 aliphatic rings. The van der Waals surface area contributed by atoms with Crippen molar-refractivity contribution in [3.8, 4) is 16.9 Å². The summed E-state index contributed by atoms with van der Waals surface area (Å²) in [5, 5.41) is 4.62. The van der Waals surface area contributed by atoms with E-state index < -0.39 is 0 Å². The number of halogens is 2. The van der Waals surface area contributed by atoms with Gasteiger partial charge in [-0.2, -0.15) is 0 Å². The molecule has 146 valence electrons. The molecule has 4 nitrogen and oxygen atoms in total. The maximum atomic E-state index is 11.9. The van der Waals surface area contributed by atoms with Gasteiger partial charge < -0.3 is 14.5 Å². The number of furan rings is 1. The highest BCUT2D eigenvalue weighted by Gasteiger charge is 2.20. The zero-order valence-electron chi connectivity index (χ0n) is 16.2. The number of aryl methyl sites for hydroxylation is 1. The molecule has 1 N–H and O–H groups in total. The van der Waals surface area contributed by atoms with E-state index in [1.54, 1.807) is 31.5 Å². The summed E-state index contributed by atoms with van der Waals surface area (Å²) in [6, 6.07) is 7.34. The van der Waals surface area contributed by atoms with Crippen LogP contribution in [-0.4, -0.2) is 19.6 Å². The van der Waals surface area contributed by atoms with Crippen LogP contribution in [0.25, 0.3) is 27.7 Å². The van der Waals surface area contributed by atoms with Crippen LogP contribution in [0.4, 0.5) is 0 Å². The summed E-state index contributed by atoms with van der Waals surface area (Å²) in [4.78, 5) is 11.9. The highest BCUT2D eigenvalue weighted by molar-refractivity contribution is 6.36. The third-order valence-electron chi connectivity index (χ3n) is 4.57. The number of nitrogens with one attached hydrogen (secondary N) is 1. The Morgan fingerprint density at radius 2 is 2.00 bits per heavy atom. The third-order valence-corrected chi connectivity index (χ3v) is 5.12. The molecule has 1 heterocycles. The topological polar surface area (TPSA) is 51.5 Å². The lowest BCUT2D eigenvalue weighted by Gasteiger charge is -2.15. The summed E-state index contributed by atoms with van der Waals surface area (Å²) in [6.45, 7) is 6.25. The Morgan fingerprint density at radius 3 is 2.64 bits per heavy atom. The van der Waals surface area contributed by atoms with Gasteiger partial charge in [0.2, 0.25) is 5.91 Å². The minimum absolute atomic E-state index is 0.175. The average molecular weight is 418 g/mol. The Kier molecular flexibility index (Phi) is 6.01. The molecule has 0 fully saturated rings. The predicted octanol–water partition coefficient (Wildman–Crippen LogP) is 6.26. The average Bonchev–Trinajstić information content (AvgIpc) is 3.07. The van der Waals surface area contributed by atoms with Gasteiger partial charge in [-0.25, -0.2) is 0 Å². The second-order valence-electron chi connectivity index (χ2n) is 6.40. The minimum atomic E-state index is -0.175. The maximum Gasteiger partial charge on any atom is 0.244 e. The van der Waals surface area contributed by atoms with Gasteiger partial charge in [-0.3, -0.25) is 4.79 Å². The second-order valence-corrected chi connectivity index (χ2v) is 7.25. The number of amides is 1.